The van der Waals surface area contributed by atoms with Crippen LogP contribution >= 0.6 is 0 Å². The molecule has 1 unspecified atom stereocenters. The average Bonchev–Trinajstić information content (AvgIpc) is 3.56. The maximum atomic E-state index is 13.4. The van der Waals surface area contributed by atoms with Gasteiger partial charge in [0.2, 0.25) is 10.0 Å². The van der Waals surface area contributed by atoms with E-state index in [0.717, 1.165) is 0 Å². The zero-order valence-electron chi connectivity index (χ0n) is 30.8. The van der Waals surface area contributed by atoms with E-state index in [2.05, 4.69) is 19.8 Å². The number of aryl methyl sites for hydroxylation is 2. The molecule has 11 heteroatoms. The van der Waals surface area contributed by atoms with E-state index in [1.807, 2.05) is 6.92 Å². The highest BCUT2D eigenvalue weighted by Gasteiger charge is 2.23. The Morgan fingerprint density at radius 2 is 2.25 bits per heavy atom. The van der Waals surface area contributed by atoms with Gasteiger partial charge in [-0.15, -0.1) is 0 Å². The molecule has 1 aliphatic heterocycles. The molecule has 0 amide bonds. The minimum atomic E-state index is -4.18. The van der Waals surface area contributed by atoms with Crippen LogP contribution in [0.2, 0.25) is 0 Å². The summed E-state index contributed by atoms with van der Waals surface area (Å²) in [6, 6.07) is 3.50. The Morgan fingerprint density at radius 1 is 1.36 bits per heavy atom. The monoisotopic (exact) mass is 527 g/mol. The number of aromatic amines is 1. The van der Waals surface area contributed by atoms with Crippen molar-refractivity contribution in [2.75, 3.05) is 26.7 Å². The molecule has 1 fully saturated rings. The van der Waals surface area contributed by atoms with Crippen LogP contribution in [0.5, 0.6) is 5.75 Å². The third-order valence-electron chi connectivity index (χ3n) is 5.98. The smallest absolute Gasteiger partial charge is 0.277 e. The fourth-order valence-electron chi connectivity index (χ4n) is 4.19. The van der Waals surface area contributed by atoms with E-state index in [4.69, 9.17) is 19.8 Å². The molecule has 2 aromatic heterocycles. The standard InChI is InChI=1S/C25H36N6O4S/c1-5-8-20-22-23(31(4)29-20)25(32)28-24(27-22)19-16-18(10-11-21(19)35-15-6-2)36(33,34)26-13-12-17-9-7-14-30(17)3/h10-11,16-17,26H,5-9,12-15H2,1-4H3,(H,27,28,32)/i1D3,3D3,4D3,5D2. The number of fused-ring (bicyclic) bond motifs is 1. The van der Waals surface area contributed by atoms with Crippen molar-refractivity contribution < 1.29 is 28.2 Å². The van der Waals surface area contributed by atoms with Crippen LogP contribution in [0, 0.1) is 0 Å². The Hall–Kier alpha value is -2.76. The van der Waals surface area contributed by atoms with Crippen molar-refractivity contribution in [3.05, 3.63) is 34.2 Å². The van der Waals surface area contributed by atoms with Crippen molar-refractivity contribution in [3.63, 3.8) is 0 Å². The first-order valence-corrected chi connectivity index (χ1v) is 13.1. The molecule has 0 aliphatic carbocycles. The van der Waals surface area contributed by atoms with Crippen LogP contribution in [0.4, 0.5) is 0 Å². The molecule has 2 N–H and O–H groups in total. The van der Waals surface area contributed by atoms with E-state index in [1.165, 1.54) is 23.1 Å². The lowest BCUT2D eigenvalue weighted by atomic mass is 10.1. The van der Waals surface area contributed by atoms with Crippen molar-refractivity contribution in [3.8, 4) is 17.1 Å². The van der Waals surface area contributed by atoms with Crippen molar-refractivity contribution in [1.82, 2.24) is 29.4 Å². The molecular formula is C25H36N6O4S. The molecule has 1 saturated heterocycles. The Morgan fingerprint density at radius 3 is 3.03 bits per heavy atom. The fraction of sp³-hybridized carbons (Fsp3) is 0.560. The molecule has 4 rings (SSSR count). The average molecular weight is 528 g/mol. The first-order valence-electron chi connectivity index (χ1n) is 17.1. The van der Waals surface area contributed by atoms with Gasteiger partial charge < -0.3 is 14.6 Å². The number of nitrogens with zero attached hydrogens (tertiary/aromatic N) is 4. The van der Waals surface area contributed by atoms with Crippen LogP contribution in [0.1, 0.15) is 66.6 Å². The Bertz CT molecular complexity index is 1770. The van der Waals surface area contributed by atoms with Gasteiger partial charge in [-0.2, -0.15) is 5.10 Å². The van der Waals surface area contributed by atoms with Gasteiger partial charge in [-0.1, -0.05) is 20.1 Å². The van der Waals surface area contributed by atoms with Crippen LogP contribution in [0.3, 0.4) is 0 Å². The third kappa shape index (κ3) is 5.47. The number of H-pyrrole nitrogens is 1. The summed E-state index contributed by atoms with van der Waals surface area (Å²) in [6.45, 7) is -6.04. The number of likely N-dealkylation sites (tertiary alicyclic amines) is 1. The first kappa shape index (κ1) is 15.5. The van der Waals surface area contributed by atoms with E-state index in [0.29, 0.717) is 30.5 Å². The third-order valence-corrected chi connectivity index (χ3v) is 7.44. The molecular weight excluding hydrogens is 480 g/mol. The Kier molecular flexibility index (Phi) is 4.77. The van der Waals surface area contributed by atoms with Crippen molar-refractivity contribution in [2.24, 2.45) is 6.98 Å². The molecule has 196 valence electrons. The Balaban J connectivity index is 1.77. The van der Waals surface area contributed by atoms with Crippen LogP contribution in [-0.4, -0.2) is 65.8 Å². The lowest BCUT2D eigenvalue weighted by Gasteiger charge is -2.19. The SMILES string of the molecule is [2H]C([2H])([2H])N1CCCC1CCNS(=O)(=O)c1ccc(OCCC)c(-c2nc3c(CC([2H])([2H])C([2H])([2H])[2H])nn(C([2H])([2H])[2H])c3c(=O)[nH]2)c1. The Labute approximate surface area is 227 Å². The summed E-state index contributed by atoms with van der Waals surface area (Å²) >= 11 is 0. The van der Waals surface area contributed by atoms with Crippen molar-refractivity contribution >= 4 is 21.1 Å². The van der Waals surface area contributed by atoms with Gasteiger partial charge in [-0.05, 0) is 63.8 Å². The number of rotatable bonds is 11. The van der Waals surface area contributed by atoms with Gasteiger partial charge >= 0.3 is 0 Å². The number of aromatic nitrogens is 4. The summed E-state index contributed by atoms with van der Waals surface area (Å²) < 4.78 is 121. The normalized spacial score (nSPS) is 22.7. The van der Waals surface area contributed by atoms with E-state index in [1.54, 1.807) is 0 Å². The molecule has 10 nitrogen and oxygen atoms in total. The van der Waals surface area contributed by atoms with Crippen LogP contribution < -0.4 is 15.0 Å². The van der Waals surface area contributed by atoms with Gasteiger partial charge in [0.25, 0.3) is 5.56 Å². The van der Waals surface area contributed by atoms with Crippen LogP contribution in [0.15, 0.2) is 27.9 Å². The molecule has 0 spiro atoms. The van der Waals surface area contributed by atoms with Crippen LogP contribution in [-0.2, 0) is 23.4 Å². The van der Waals surface area contributed by atoms with E-state index < -0.39 is 60.4 Å². The van der Waals surface area contributed by atoms with Crippen molar-refractivity contribution in [1.29, 1.82) is 0 Å². The minimum Gasteiger partial charge on any atom is -0.493 e. The van der Waals surface area contributed by atoms with E-state index >= 15 is 0 Å². The zero-order chi connectivity index (χ0) is 35.2. The van der Waals surface area contributed by atoms with Crippen molar-refractivity contribution in [2.45, 2.75) is 63.2 Å². The summed E-state index contributed by atoms with van der Waals surface area (Å²) in [5.74, 6) is -0.138. The van der Waals surface area contributed by atoms with Crippen LogP contribution in [0.25, 0.3) is 22.4 Å². The number of sulfonamides is 1. The number of hydrogen-bond acceptors (Lipinski definition) is 7. The number of ether oxygens (including phenoxy) is 1. The second-order valence-corrected chi connectivity index (χ2v) is 10.3. The van der Waals surface area contributed by atoms with Gasteiger partial charge in [0.1, 0.15) is 17.1 Å². The number of hydrogen-bond donors (Lipinski definition) is 2. The molecule has 1 aliphatic rings. The number of benzene rings is 1. The van der Waals surface area contributed by atoms with Gasteiger partial charge in [0, 0.05) is 34.6 Å². The maximum absolute atomic E-state index is 13.4. The molecule has 0 bridgehead atoms. The molecule has 3 heterocycles. The molecule has 1 atom stereocenters. The highest BCUT2D eigenvalue weighted by Crippen LogP contribution is 2.31. The molecule has 0 radical (unpaired) electrons. The summed E-state index contributed by atoms with van der Waals surface area (Å²) in [6.07, 6.45) is -1.65. The zero-order valence-corrected chi connectivity index (χ0v) is 20.6. The summed E-state index contributed by atoms with van der Waals surface area (Å²) in [4.78, 5) is 21.3. The molecule has 1 aromatic carbocycles. The predicted octanol–water partition coefficient (Wildman–Crippen LogP) is 2.83. The fourth-order valence-corrected chi connectivity index (χ4v) is 5.26. The van der Waals surface area contributed by atoms with Gasteiger partial charge in [0.15, 0.2) is 5.52 Å². The lowest BCUT2D eigenvalue weighted by molar-refractivity contribution is 0.297. The van der Waals surface area contributed by atoms with Gasteiger partial charge in [-0.25, -0.2) is 18.1 Å². The summed E-state index contributed by atoms with van der Waals surface area (Å²) in [5.41, 5.74) is -2.33. The molecule has 0 saturated carbocycles. The van der Waals surface area contributed by atoms with Gasteiger partial charge in [0.05, 0.1) is 22.8 Å². The predicted molar refractivity (Wildman–Crippen MR) is 140 cm³/mol. The summed E-state index contributed by atoms with van der Waals surface area (Å²) in [7, 11) is -4.18. The minimum absolute atomic E-state index is 0.00360. The number of nitrogens with one attached hydrogen (secondary N) is 2. The quantitative estimate of drug-likeness (QED) is 0.393. The maximum Gasteiger partial charge on any atom is 0.277 e. The molecule has 36 heavy (non-hydrogen) atoms. The van der Waals surface area contributed by atoms with E-state index in [9.17, 15) is 13.2 Å². The lowest BCUT2D eigenvalue weighted by Crippen LogP contribution is -2.31. The van der Waals surface area contributed by atoms with Gasteiger partial charge in [-0.3, -0.25) is 9.48 Å². The topological polar surface area (TPSA) is 122 Å². The second-order valence-electron chi connectivity index (χ2n) is 8.51. The first-order chi connectivity index (χ1) is 21.6. The largest absolute Gasteiger partial charge is 0.493 e. The van der Waals surface area contributed by atoms with E-state index in [-0.39, 0.29) is 53.2 Å². The summed E-state index contributed by atoms with van der Waals surface area (Å²) in [5, 5.41) is 3.88. The molecule has 3 aromatic rings. The second kappa shape index (κ2) is 11.1. The highest BCUT2D eigenvalue weighted by molar-refractivity contribution is 7.89. The highest BCUT2D eigenvalue weighted by atomic mass is 32.2.